The maximum atomic E-state index is 12.9. The summed E-state index contributed by atoms with van der Waals surface area (Å²) in [4.78, 5) is 16.1. The van der Waals surface area contributed by atoms with E-state index in [0.29, 0.717) is 23.6 Å². The molecule has 4 aromatic rings. The number of rotatable bonds is 6. The highest BCUT2D eigenvalue weighted by Crippen LogP contribution is 2.32. The molecule has 0 aliphatic rings. The third-order valence-electron chi connectivity index (χ3n) is 4.98. The monoisotopic (exact) mass is 404 g/mol. The fourth-order valence-corrected chi connectivity index (χ4v) is 3.72. The lowest BCUT2D eigenvalue weighted by atomic mass is 9.98. The van der Waals surface area contributed by atoms with E-state index in [1.54, 1.807) is 7.11 Å². The van der Waals surface area contributed by atoms with Gasteiger partial charge in [-0.15, -0.1) is 0 Å². The largest absolute Gasteiger partial charge is 0.496 e. The van der Waals surface area contributed by atoms with Crippen molar-refractivity contribution >= 4 is 28.4 Å². The smallest absolute Gasteiger partial charge is 0.251 e. The van der Waals surface area contributed by atoms with Gasteiger partial charge >= 0.3 is 0 Å². The van der Waals surface area contributed by atoms with Crippen molar-refractivity contribution in [2.75, 3.05) is 13.7 Å². The highest BCUT2D eigenvalue weighted by atomic mass is 35.5. The SMILES string of the molecule is COc1ccccc1-c1ccccc1C(=O)NCCc1c[nH]c2ccc(Cl)cc12. The first kappa shape index (κ1) is 19.1. The Morgan fingerprint density at radius 2 is 1.79 bits per heavy atom. The van der Waals surface area contributed by atoms with Gasteiger partial charge in [0, 0.05) is 39.8 Å². The Balaban J connectivity index is 1.51. The number of carbonyl (C=O) groups is 1. The van der Waals surface area contributed by atoms with Crippen LogP contribution in [0.3, 0.4) is 0 Å². The zero-order valence-corrected chi connectivity index (χ0v) is 16.8. The van der Waals surface area contributed by atoms with Crippen LogP contribution in [-0.2, 0) is 6.42 Å². The average molecular weight is 405 g/mol. The number of methoxy groups -OCH3 is 1. The number of H-pyrrole nitrogens is 1. The number of nitrogens with one attached hydrogen (secondary N) is 2. The minimum Gasteiger partial charge on any atom is -0.496 e. The van der Waals surface area contributed by atoms with Gasteiger partial charge in [0.05, 0.1) is 7.11 Å². The van der Waals surface area contributed by atoms with E-state index in [2.05, 4.69) is 10.3 Å². The second-order valence-corrected chi connectivity index (χ2v) is 7.19. The maximum absolute atomic E-state index is 12.9. The van der Waals surface area contributed by atoms with Gasteiger partial charge in [0.15, 0.2) is 0 Å². The average Bonchev–Trinajstić information content (AvgIpc) is 3.15. The van der Waals surface area contributed by atoms with Crippen molar-refractivity contribution in [1.29, 1.82) is 0 Å². The highest BCUT2D eigenvalue weighted by Gasteiger charge is 2.15. The summed E-state index contributed by atoms with van der Waals surface area (Å²) in [5, 5.41) is 4.82. The predicted octanol–water partition coefficient (Wildman–Crippen LogP) is 5.47. The summed E-state index contributed by atoms with van der Waals surface area (Å²) < 4.78 is 5.47. The summed E-state index contributed by atoms with van der Waals surface area (Å²) in [5.74, 6) is 0.632. The first-order chi connectivity index (χ1) is 14.2. The van der Waals surface area contributed by atoms with E-state index in [4.69, 9.17) is 16.3 Å². The van der Waals surface area contributed by atoms with Crippen LogP contribution in [0.15, 0.2) is 72.9 Å². The highest BCUT2D eigenvalue weighted by molar-refractivity contribution is 6.31. The van der Waals surface area contributed by atoms with Crippen LogP contribution in [0.4, 0.5) is 0 Å². The van der Waals surface area contributed by atoms with E-state index in [0.717, 1.165) is 33.3 Å². The van der Waals surface area contributed by atoms with Crippen LogP contribution < -0.4 is 10.1 Å². The Hall–Kier alpha value is -3.24. The van der Waals surface area contributed by atoms with Crippen molar-refractivity contribution in [2.24, 2.45) is 0 Å². The topological polar surface area (TPSA) is 54.1 Å². The third-order valence-corrected chi connectivity index (χ3v) is 5.21. The number of amides is 1. The van der Waals surface area contributed by atoms with E-state index >= 15 is 0 Å². The molecule has 2 N–H and O–H groups in total. The molecule has 3 aromatic carbocycles. The summed E-state index contributed by atoms with van der Waals surface area (Å²) in [6.45, 7) is 0.526. The van der Waals surface area contributed by atoms with Crippen LogP contribution in [0.2, 0.25) is 5.02 Å². The quantitative estimate of drug-likeness (QED) is 0.447. The summed E-state index contributed by atoms with van der Waals surface area (Å²) in [6.07, 6.45) is 2.68. The fourth-order valence-electron chi connectivity index (χ4n) is 3.55. The number of hydrogen-bond acceptors (Lipinski definition) is 2. The van der Waals surface area contributed by atoms with E-state index < -0.39 is 0 Å². The zero-order chi connectivity index (χ0) is 20.2. The van der Waals surface area contributed by atoms with Crippen LogP contribution >= 0.6 is 11.6 Å². The minimum absolute atomic E-state index is 0.107. The number of benzene rings is 3. The van der Waals surface area contributed by atoms with Gasteiger partial charge in [-0.1, -0.05) is 48.0 Å². The number of ether oxygens (including phenoxy) is 1. The predicted molar refractivity (Wildman–Crippen MR) is 118 cm³/mol. The summed E-state index contributed by atoms with van der Waals surface area (Å²) in [5.41, 5.74) is 4.53. The number of para-hydroxylation sites is 1. The van der Waals surface area contributed by atoms with Gasteiger partial charge in [0.1, 0.15) is 5.75 Å². The van der Waals surface area contributed by atoms with Crippen LogP contribution in [-0.4, -0.2) is 24.5 Å². The lowest BCUT2D eigenvalue weighted by molar-refractivity contribution is 0.0955. The number of hydrogen-bond donors (Lipinski definition) is 2. The second kappa shape index (κ2) is 8.41. The molecule has 0 unspecified atom stereocenters. The van der Waals surface area contributed by atoms with Crippen LogP contribution in [0.1, 0.15) is 15.9 Å². The van der Waals surface area contributed by atoms with E-state index in [1.165, 1.54) is 0 Å². The fraction of sp³-hybridized carbons (Fsp3) is 0.125. The molecule has 0 bridgehead atoms. The standard InChI is InChI=1S/C24H21ClN2O2/c1-29-23-9-5-4-7-19(23)18-6-2-3-8-20(18)24(28)26-13-12-16-15-27-22-11-10-17(25)14-21(16)22/h2-11,14-15,27H,12-13H2,1H3,(H,26,28). The molecule has 0 aliphatic heterocycles. The molecule has 1 amide bonds. The van der Waals surface area contributed by atoms with Gasteiger partial charge in [0.25, 0.3) is 5.91 Å². The molecule has 0 atom stereocenters. The molecule has 1 heterocycles. The van der Waals surface area contributed by atoms with E-state index in [9.17, 15) is 4.79 Å². The van der Waals surface area contributed by atoms with Gasteiger partial charge in [0.2, 0.25) is 0 Å². The second-order valence-electron chi connectivity index (χ2n) is 6.76. The molecule has 0 radical (unpaired) electrons. The lowest BCUT2D eigenvalue weighted by Crippen LogP contribution is -2.26. The number of fused-ring (bicyclic) bond motifs is 1. The zero-order valence-electron chi connectivity index (χ0n) is 16.0. The number of aromatic amines is 1. The van der Waals surface area contributed by atoms with Crippen molar-refractivity contribution < 1.29 is 9.53 Å². The van der Waals surface area contributed by atoms with Crippen LogP contribution in [0.25, 0.3) is 22.0 Å². The molecular weight excluding hydrogens is 384 g/mol. The molecule has 0 saturated carbocycles. The van der Waals surface area contributed by atoms with Crippen LogP contribution in [0.5, 0.6) is 5.75 Å². The molecule has 0 fully saturated rings. The van der Waals surface area contributed by atoms with Gasteiger partial charge in [-0.3, -0.25) is 4.79 Å². The number of halogens is 1. The molecular formula is C24H21ClN2O2. The third kappa shape index (κ3) is 3.98. The first-order valence-corrected chi connectivity index (χ1v) is 9.81. The summed E-state index contributed by atoms with van der Waals surface area (Å²) >= 11 is 6.12. The van der Waals surface area contributed by atoms with E-state index in [1.807, 2.05) is 72.9 Å². The molecule has 1 aromatic heterocycles. The number of carbonyl (C=O) groups excluding carboxylic acids is 1. The summed E-state index contributed by atoms with van der Waals surface area (Å²) in [6, 6.07) is 21.0. The lowest BCUT2D eigenvalue weighted by Gasteiger charge is -2.13. The molecule has 5 heteroatoms. The Morgan fingerprint density at radius 1 is 1.03 bits per heavy atom. The van der Waals surface area contributed by atoms with Crippen molar-refractivity contribution in [1.82, 2.24) is 10.3 Å². The normalized spacial score (nSPS) is 10.8. The maximum Gasteiger partial charge on any atom is 0.251 e. The van der Waals surface area contributed by atoms with Gasteiger partial charge in [-0.2, -0.15) is 0 Å². The molecule has 0 aliphatic carbocycles. The summed E-state index contributed by atoms with van der Waals surface area (Å²) in [7, 11) is 1.63. The molecule has 4 rings (SSSR count). The number of aromatic nitrogens is 1. The van der Waals surface area contributed by atoms with Gasteiger partial charge in [-0.25, -0.2) is 0 Å². The Kier molecular flexibility index (Phi) is 5.54. The minimum atomic E-state index is -0.107. The van der Waals surface area contributed by atoms with Crippen molar-refractivity contribution in [3.05, 3.63) is 89.1 Å². The Bertz CT molecular complexity index is 1170. The molecule has 4 nitrogen and oxygen atoms in total. The molecule has 29 heavy (non-hydrogen) atoms. The van der Waals surface area contributed by atoms with Gasteiger partial charge in [-0.05, 0) is 47.9 Å². The Morgan fingerprint density at radius 3 is 2.62 bits per heavy atom. The Labute approximate surface area is 174 Å². The van der Waals surface area contributed by atoms with Crippen molar-refractivity contribution in [2.45, 2.75) is 6.42 Å². The van der Waals surface area contributed by atoms with Crippen LogP contribution in [0, 0.1) is 0 Å². The van der Waals surface area contributed by atoms with Crippen molar-refractivity contribution in [3.8, 4) is 16.9 Å². The molecule has 0 saturated heterocycles. The molecule has 146 valence electrons. The van der Waals surface area contributed by atoms with Crippen molar-refractivity contribution in [3.63, 3.8) is 0 Å². The van der Waals surface area contributed by atoms with Gasteiger partial charge < -0.3 is 15.0 Å². The first-order valence-electron chi connectivity index (χ1n) is 9.43. The van der Waals surface area contributed by atoms with E-state index in [-0.39, 0.29) is 5.91 Å². The molecule has 0 spiro atoms.